The predicted molar refractivity (Wildman–Crippen MR) is 82.8 cm³/mol. The largest absolute Gasteiger partial charge is 0.396 e. The van der Waals surface area contributed by atoms with Crippen molar-refractivity contribution in [2.24, 2.45) is 0 Å². The van der Waals surface area contributed by atoms with E-state index < -0.39 is 17.8 Å². The first kappa shape index (κ1) is 14.7. The highest BCUT2D eigenvalue weighted by molar-refractivity contribution is 5.98. The van der Waals surface area contributed by atoms with Crippen LogP contribution in [0, 0.1) is 5.82 Å². The minimum Gasteiger partial charge on any atom is -0.396 e. The number of fused-ring (bicyclic) bond motifs is 1. The van der Waals surface area contributed by atoms with Gasteiger partial charge < -0.3 is 11.5 Å². The molecule has 1 saturated carbocycles. The topological polar surface area (TPSA) is 95.6 Å². The van der Waals surface area contributed by atoms with Gasteiger partial charge in [0.2, 0.25) is 0 Å². The van der Waals surface area contributed by atoms with Gasteiger partial charge in [-0.3, -0.25) is 0 Å². The monoisotopic (exact) mass is 334 g/mol. The third-order valence-electron chi connectivity index (χ3n) is 4.21. The fourth-order valence-corrected chi connectivity index (χ4v) is 2.93. The number of alkyl halides is 2. The molecule has 6 nitrogen and oxygen atoms in total. The summed E-state index contributed by atoms with van der Waals surface area (Å²) in [5.74, 6) is -3.14. The van der Waals surface area contributed by atoms with Crippen LogP contribution in [0.5, 0.6) is 0 Å². The van der Waals surface area contributed by atoms with Gasteiger partial charge in [0.25, 0.3) is 5.92 Å². The lowest BCUT2D eigenvalue weighted by Crippen LogP contribution is -2.37. The van der Waals surface area contributed by atoms with Crippen molar-refractivity contribution in [3.05, 3.63) is 30.3 Å². The predicted octanol–water partition coefficient (Wildman–Crippen LogP) is 2.77. The molecule has 9 heteroatoms. The van der Waals surface area contributed by atoms with E-state index in [-0.39, 0.29) is 24.3 Å². The Hall–Kier alpha value is -2.84. The van der Waals surface area contributed by atoms with E-state index >= 15 is 0 Å². The van der Waals surface area contributed by atoms with Crippen LogP contribution in [0.3, 0.4) is 0 Å². The molecule has 0 radical (unpaired) electrons. The van der Waals surface area contributed by atoms with Gasteiger partial charge in [-0.2, -0.15) is 5.10 Å². The minimum absolute atomic E-state index is 0.00495. The zero-order chi connectivity index (χ0) is 17.1. The molecule has 2 aromatic heterocycles. The second-order valence-electron chi connectivity index (χ2n) is 5.91. The van der Waals surface area contributed by atoms with Gasteiger partial charge in [-0.05, 0) is 12.1 Å². The van der Waals surface area contributed by atoms with Crippen LogP contribution in [0.1, 0.15) is 18.9 Å². The van der Waals surface area contributed by atoms with E-state index in [2.05, 4.69) is 15.1 Å². The number of anilines is 2. The van der Waals surface area contributed by atoms with Gasteiger partial charge in [0.15, 0.2) is 5.65 Å². The maximum Gasteiger partial charge on any atom is 0.252 e. The van der Waals surface area contributed by atoms with Gasteiger partial charge in [0.05, 0.1) is 17.1 Å². The average Bonchev–Trinajstić information content (AvgIpc) is 2.88. The van der Waals surface area contributed by atoms with Crippen LogP contribution in [0.4, 0.5) is 24.7 Å². The van der Waals surface area contributed by atoms with Crippen molar-refractivity contribution in [2.75, 3.05) is 11.5 Å². The second kappa shape index (κ2) is 4.83. The third-order valence-corrected chi connectivity index (χ3v) is 4.21. The van der Waals surface area contributed by atoms with Crippen molar-refractivity contribution < 1.29 is 13.2 Å². The highest BCUT2D eigenvalue weighted by atomic mass is 19.3. The summed E-state index contributed by atoms with van der Waals surface area (Å²) in [7, 11) is 0. The Balaban J connectivity index is 1.91. The summed E-state index contributed by atoms with van der Waals surface area (Å²) in [6.45, 7) is 0. The number of rotatable bonds is 2. The lowest BCUT2D eigenvalue weighted by Gasteiger charge is -2.34. The summed E-state index contributed by atoms with van der Waals surface area (Å²) in [4.78, 5) is 8.05. The summed E-state index contributed by atoms with van der Waals surface area (Å²) in [5.41, 5.74) is 12.5. The molecule has 3 aromatic rings. The molecular formula is C15H13F3N6. The second-order valence-corrected chi connectivity index (χ2v) is 5.91. The number of halogens is 3. The van der Waals surface area contributed by atoms with E-state index in [0.717, 1.165) is 0 Å². The Kier molecular flexibility index (Phi) is 2.96. The third kappa shape index (κ3) is 2.15. The van der Waals surface area contributed by atoms with Crippen molar-refractivity contribution in [3.63, 3.8) is 0 Å². The molecule has 1 fully saturated rings. The lowest BCUT2D eigenvalue weighted by molar-refractivity contribution is -0.105. The fraction of sp³-hybridized carbons (Fsp3) is 0.267. The number of hydrogen-bond acceptors (Lipinski definition) is 5. The first-order valence-electron chi connectivity index (χ1n) is 7.27. The summed E-state index contributed by atoms with van der Waals surface area (Å²) < 4.78 is 41.7. The number of aromatic nitrogens is 4. The van der Waals surface area contributed by atoms with Crippen LogP contribution >= 0.6 is 0 Å². The SMILES string of the molecule is Nc1ccc(-c2nn(C3CC(F)(F)C3)c3ncnc(N)c23)cc1F. The van der Waals surface area contributed by atoms with Crippen molar-refractivity contribution in [1.82, 2.24) is 19.7 Å². The molecule has 0 atom stereocenters. The molecule has 1 aromatic carbocycles. The molecule has 4 N–H and O–H groups in total. The van der Waals surface area contributed by atoms with Crippen LogP contribution in [-0.4, -0.2) is 25.7 Å². The van der Waals surface area contributed by atoms with Crippen molar-refractivity contribution in [3.8, 4) is 11.3 Å². The van der Waals surface area contributed by atoms with Crippen molar-refractivity contribution >= 4 is 22.5 Å². The van der Waals surface area contributed by atoms with E-state index in [1.807, 2.05) is 0 Å². The maximum absolute atomic E-state index is 13.8. The Morgan fingerprint density at radius 3 is 2.58 bits per heavy atom. The Morgan fingerprint density at radius 2 is 1.92 bits per heavy atom. The van der Waals surface area contributed by atoms with E-state index in [1.165, 1.54) is 23.1 Å². The summed E-state index contributed by atoms with van der Waals surface area (Å²) in [6, 6.07) is 3.74. The van der Waals surface area contributed by atoms with Crippen molar-refractivity contribution in [2.45, 2.75) is 24.8 Å². The molecule has 1 aliphatic rings. The Morgan fingerprint density at radius 1 is 1.17 bits per heavy atom. The van der Waals surface area contributed by atoms with Crippen molar-refractivity contribution in [1.29, 1.82) is 0 Å². The molecule has 2 heterocycles. The van der Waals surface area contributed by atoms with E-state index in [9.17, 15) is 13.2 Å². The molecule has 0 unspecified atom stereocenters. The van der Waals surface area contributed by atoms with Gasteiger partial charge in [-0.25, -0.2) is 27.8 Å². The number of benzene rings is 1. The first-order valence-corrected chi connectivity index (χ1v) is 7.27. The molecule has 0 aliphatic heterocycles. The highest BCUT2D eigenvalue weighted by Gasteiger charge is 2.47. The standard InChI is InChI=1S/C15H13F3N6/c16-9-3-7(1-2-10(9)19)12-11-13(20)21-6-22-14(11)24(23-12)8-4-15(17,18)5-8/h1-3,6,8H,4-5,19H2,(H2,20,21,22). The minimum atomic E-state index is -2.70. The molecule has 0 amide bonds. The summed E-state index contributed by atoms with van der Waals surface area (Å²) in [6.07, 6.45) is 0.618. The fourth-order valence-electron chi connectivity index (χ4n) is 2.93. The van der Waals surface area contributed by atoms with Gasteiger partial charge in [0.1, 0.15) is 23.7 Å². The van der Waals surface area contributed by atoms with Crippen LogP contribution < -0.4 is 11.5 Å². The van der Waals surface area contributed by atoms with Crippen LogP contribution in [-0.2, 0) is 0 Å². The van der Waals surface area contributed by atoms with Gasteiger partial charge >= 0.3 is 0 Å². The molecule has 0 saturated heterocycles. The van der Waals surface area contributed by atoms with Crippen LogP contribution in [0.25, 0.3) is 22.3 Å². The number of nitrogen functional groups attached to an aromatic ring is 2. The first-order chi connectivity index (χ1) is 11.4. The number of nitrogens with zero attached hydrogens (tertiary/aromatic N) is 4. The molecule has 4 rings (SSSR count). The maximum atomic E-state index is 13.8. The average molecular weight is 334 g/mol. The lowest BCUT2D eigenvalue weighted by atomic mass is 9.88. The molecule has 1 aliphatic carbocycles. The zero-order valence-electron chi connectivity index (χ0n) is 12.4. The number of nitrogens with two attached hydrogens (primary N) is 2. The normalized spacial score (nSPS) is 17.1. The van der Waals surface area contributed by atoms with Crippen LogP contribution in [0.2, 0.25) is 0 Å². The molecule has 0 spiro atoms. The van der Waals surface area contributed by atoms with E-state index in [1.54, 1.807) is 6.07 Å². The summed E-state index contributed by atoms with van der Waals surface area (Å²) in [5, 5.41) is 4.79. The quantitative estimate of drug-likeness (QED) is 0.703. The van der Waals surface area contributed by atoms with Crippen LogP contribution in [0.15, 0.2) is 24.5 Å². The van der Waals surface area contributed by atoms with Gasteiger partial charge in [-0.1, -0.05) is 6.07 Å². The summed E-state index contributed by atoms with van der Waals surface area (Å²) >= 11 is 0. The van der Waals surface area contributed by atoms with Gasteiger partial charge in [-0.15, -0.1) is 0 Å². The van der Waals surface area contributed by atoms with E-state index in [4.69, 9.17) is 11.5 Å². The zero-order valence-corrected chi connectivity index (χ0v) is 12.4. The molecular weight excluding hydrogens is 321 g/mol. The molecule has 0 bridgehead atoms. The Bertz CT molecular complexity index is 944. The Labute approximate surface area is 134 Å². The molecule has 24 heavy (non-hydrogen) atoms. The highest BCUT2D eigenvalue weighted by Crippen LogP contribution is 2.47. The number of hydrogen-bond donors (Lipinski definition) is 2. The smallest absolute Gasteiger partial charge is 0.252 e. The van der Waals surface area contributed by atoms with Gasteiger partial charge in [0, 0.05) is 18.4 Å². The van der Waals surface area contributed by atoms with E-state index in [0.29, 0.717) is 22.3 Å². The molecule has 124 valence electrons.